The molecular formula is C24H34N2O3. The van der Waals surface area contributed by atoms with Crippen molar-refractivity contribution in [1.82, 2.24) is 9.80 Å². The van der Waals surface area contributed by atoms with Gasteiger partial charge in [-0.25, -0.2) is 0 Å². The number of piperidine rings is 1. The lowest BCUT2D eigenvalue weighted by molar-refractivity contribution is -0.148. The summed E-state index contributed by atoms with van der Waals surface area (Å²) in [7, 11) is 0. The van der Waals surface area contributed by atoms with E-state index in [1.807, 2.05) is 17.9 Å². The number of carbonyl (C=O) groups is 2. The maximum atomic E-state index is 13.9. The maximum Gasteiger partial charge on any atom is 0.317 e. The van der Waals surface area contributed by atoms with Gasteiger partial charge in [0, 0.05) is 19.1 Å². The minimum atomic E-state index is -0.769. The third-order valence-electron chi connectivity index (χ3n) is 7.78. The van der Waals surface area contributed by atoms with Crippen molar-refractivity contribution in [3.63, 3.8) is 0 Å². The van der Waals surface area contributed by atoms with Crippen LogP contribution in [-0.4, -0.2) is 59.0 Å². The molecule has 1 aliphatic heterocycles. The number of carboxylic acid groups (broad SMARTS) is 1. The van der Waals surface area contributed by atoms with Gasteiger partial charge in [0.15, 0.2) is 0 Å². The van der Waals surface area contributed by atoms with Gasteiger partial charge >= 0.3 is 5.97 Å². The molecule has 29 heavy (non-hydrogen) atoms. The molecule has 1 heterocycles. The summed E-state index contributed by atoms with van der Waals surface area (Å²) in [6.07, 6.45) is 7.38. The number of likely N-dealkylation sites (tertiary alicyclic amines) is 1. The highest BCUT2D eigenvalue weighted by Crippen LogP contribution is 2.58. The molecule has 3 aliphatic rings. The topological polar surface area (TPSA) is 60.9 Å². The Kier molecular flexibility index (Phi) is 5.95. The van der Waals surface area contributed by atoms with Crippen molar-refractivity contribution in [3.05, 3.63) is 35.9 Å². The normalized spacial score (nSPS) is 29.5. The molecule has 0 aromatic heterocycles. The van der Waals surface area contributed by atoms with Crippen LogP contribution in [0.25, 0.3) is 0 Å². The lowest BCUT2D eigenvalue weighted by Crippen LogP contribution is -2.53. The van der Waals surface area contributed by atoms with Crippen molar-refractivity contribution in [1.29, 1.82) is 0 Å². The van der Waals surface area contributed by atoms with Crippen LogP contribution in [0, 0.1) is 17.3 Å². The van der Waals surface area contributed by atoms with Crippen LogP contribution in [0.4, 0.5) is 0 Å². The van der Waals surface area contributed by atoms with Gasteiger partial charge in [0.05, 0.1) is 12.0 Å². The first-order chi connectivity index (χ1) is 14.0. The summed E-state index contributed by atoms with van der Waals surface area (Å²) in [6, 6.07) is 10.8. The summed E-state index contributed by atoms with van der Waals surface area (Å²) < 4.78 is 0. The average Bonchev–Trinajstić information content (AvgIpc) is 3.34. The Hall–Kier alpha value is -1.88. The quantitative estimate of drug-likeness (QED) is 0.764. The average molecular weight is 399 g/mol. The molecule has 0 radical (unpaired) electrons. The number of carboxylic acids is 1. The zero-order valence-electron chi connectivity index (χ0n) is 17.6. The number of rotatable bonds is 7. The van der Waals surface area contributed by atoms with E-state index in [9.17, 15) is 9.59 Å². The van der Waals surface area contributed by atoms with Gasteiger partial charge in [-0.1, -0.05) is 43.7 Å². The third kappa shape index (κ3) is 4.07. The molecule has 1 saturated heterocycles. The number of benzene rings is 1. The Labute approximate surface area is 174 Å². The smallest absolute Gasteiger partial charge is 0.317 e. The molecule has 5 nitrogen and oxygen atoms in total. The zero-order valence-corrected chi connectivity index (χ0v) is 17.6. The second-order valence-corrected chi connectivity index (χ2v) is 9.38. The van der Waals surface area contributed by atoms with E-state index < -0.39 is 5.97 Å². The first-order valence-corrected chi connectivity index (χ1v) is 11.3. The van der Waals surface area contributed by atoms with Crippen molar-refractivity contribution in [3.8, 4) is 0 Å². The number of amides is 1. The predicted molar refractivity (Wildman–Crippen MR) is 113 cm³/mol. The van der Waals surface area contributed by atoms with Crippen LogP contribution in [0.3, 0.4) is 0 Å². The highest BCUT2D eigenvalue weighted by Gasteiger charge is 2.56. The van der Waals surface area contributed by atoms with E-state index in [0.717, 1.165) is 51.2 Å². The molecule has 1 aromatic carbocycles. The first-order valence-electron chi connectivity index (χ1n) is 11.3. The van der Waals surface area contributed by atoms with Crippen LogP contribution in [0.2, 0.25) is 0 Å². The van der Waals surface area contributed by atoms with E-state index >= 15 is 0 Å². The molecular weight excluding hydrogens is 364 g/mol. The summed E-state index contributed by atoms with van der Waals surface area (Å²) in [5.41, 5.74) is 1.06. The van der Waals surface area contributed by atoms with Crippen molar-refractivity contribution >= 4 is 11.9 Å². The van der Waals surface area contributed by atoms with Crippen LogP contribution in [0.1, 0.15) is 51.0 Å². The van der Waals surface area contributed by atoms with Gasteiger partial charge in [0.25, 0.3) is 0 Å². The zero-order chi connectivity index (χ0) is 20.4. The largest absolute Gasteiger partial charge is 0.480 e. The lowest BCUT2D eigenvalue weighted by Gasteiger charge is -2.44. The Morgan fingerprint density at radius 3 is 2.41 bits per heavy atom. The van der Waals surface area contributed by atoms with Gasteiger partial charge < -0.3 is 10.0 Å². The minimum absolute atomic E-state index is 0.0941. The van der Waals surface area contributed by atoms with Gasteiger partial charge in [-0.3, -0.25) is 14.5 Å². The van der Waals surface area contributed by atoms with Crippen LogP contribution in [0.15, 0.2) is 30.3 Å². The number of nitrogens with zero attached hydrogens (tertiary/aromatic N) is 2. The van der Waals surface area contributed by atoms with E-state index in [1.165, 1.54) is 24.8 Å². The van der Waals surface area contributed by atoms with E-state index in [2.05, 4.69) is 29.2 Å². The monoisotopic (exact) mass is 398 g/mol. The molecule has 2 saturated carbocycles. The van der Waals surface area contributed by atoms with E-state index in [-0.39, 0.29) is 18.0 Å². The van der Waals surface area contributed by atoms with Crippen LogP contribution in [-0.2, 0) is 16.0 Å². The minimum Gasteiger partial charge on any atom is -0.480 e. The fraction of sp³-hybridized carbons (Fsp3) is 0.667. The van der Waals surface area contributed by atoms with Crippen LogP contribution < -0.4 is 0 Å². The Morgan fingerprint density at radius 2 is 1.86 bits per heavy atom. The highest BCUT2D eigenvalue weighted by atomic mass is 16.4. The summed E-state index contributed by atoms with van der Waals surface area (Å²) in [5, 5.41) is 9.16. The second kappa shape index (κ2) is 8.47. The first kappa shape index (κ1) is 20.4. The highest BCUT2D eigenvalue weighted by molar-refractivity contribution is 5.84. The number of hydrogen-bond donors (Lipinski definition) is 1. The maximum absolute atomic E-state index is 13.9. The fourth-order valence-corrected chi connectivity index (χ4v) is 6.38. The SMILES string of the molecule is CCN(CC(=O)O)C1CCN(C(=O)C2(Cc3ccccc3)CC3CCC2C3)CC1. The second-order valence-electron chi connectivity index (χ2n) is 9.38. The molecule has 1 aromatic rings. The van der Waals surface area contributed by atoms with Gasteiger partial charge in [-0.2, -0.15) is 0 Å². The van der Waals surface area contributed by atoms with E-state index in [4.69, 9.17) is 5.11 Å². The van der Waals surface area contributed by atoms with E-state index in [1.54, 1.807) is 0 Å². The molecule has 1 amide bonds. The molecule has 2 bridgehead atoms. The van der Waals surface area contributed by atoms with Crippen LogP contribution in [0.5, 0.6) is 0 Å². The standard InChI is InChI=1S/C24H34N2O3/c1-2-25(17-22(27)28)21-10-12-26(13-11-21)23(29)24(15-18-6-4-3-5-7-18)16-19-8-9-20(24)14-19/h3-7,19-21H,2,8-17H2,1H3,(H,27,28). The summed E-state index contributed by atoms with van der Waals surface area (Å²) in [4.78, 5) is 29.1. The van der Waals surface area contributed by atoms with Gasteiger partial charge in [0.2, 0.25) is 5.91 Å². The molecule has 3 atom stereocenters. The molecule has 3 fully saturated rings. The summed E-state index contributed by atoms with van der Waals surface area (Å²) in [6.45, 7) is 4.37. The van der Waals surface area contributed by atoms with Crippen molar-refractivity contribution < 1.29 is 14.7 Å². The Bertz CT molecular complexity index is 729. The van der Waals surface area contributed by atoms with Crippen molar-refractivity contribution in [2.45, 2.75) is 57.9 Å². The molecule has 1 N–H and O–H groups in total. The molecule has 158 valence electrons. The fourth-order valence-electron chi connectivity index (χ4n) is 6.38. The number of fused-ring (bicyclic) bond motifs is 2. The van der Waals surface area contributed by atoms with Gasteiger partial charge in [0.1, 0.15) is 0 Å². The number of likely N-dealkylation sites (N-methyl/N-ethyl adjacent to an activating group) is 1. The molecule has 4 rings (SSSR count). The van der Waals surface area contributed by atoms with Crippen molar-refractivity contribution in [2.24, 2.45) is 17.3 Å². The van der Waals surface area contributed by atoms with Crippen LogP contribution >= 0.6 is 0 Å². The third-order valence-corrected chi connectivity index (χ3v) is 7.78. The van der Waals surface area contributed by atoms with Crippen molar-refractivity contribution in [2.75, 3.05) is 26.2 Å². The molecule has 5 heteroatoms. The number of hydrogen-bond acceptors (Lipinski definition) is 3. The Morgan fingerprint density at radius 1 is 1.14 bits per heavy atom. The van der Waals surface area contributed by atoms with Gasteiger partial charge in [-0.05, 0) is 62.5 Å². The predicted octanol–water partition coefficient (Wildman–Crippen LogP) is 3.43. The lowest BCUT2D eigenvalue weighted by atomic mass is 9.68. The number of aliphatic carboxylic acids is 1. The Balaban J connectivity index is 1.46. The summed E-state index contributed by atoms with van der Waals surface area (Å²) >= 11 is 0. The summed E-state index contributed by atoms with van der Waals surface area (Å²) in [5.74, 6) is 0.843. The van der Waals surface area contributed by atoms with Gasteiger partial charge in [-0.15, -0.1) is 0 Å². The van der Waals surface area contributed by atoms with E-state index in [0.29, 0.717) is 11.8 Å². The molecule has 2 aliphatic carbocycles. The molecule has 3 unspecified atom stereocenters. The number of carbonyl (C=O) groups excluding carboxylic acids is 1. The molecule has 0 spiro atoms.